The first-order chi connectivity index (χ1) is 12.7. The summed E-state index contributed by atoms with van der Waals surface area (Å²) < 4.78 is 0. The highest BCUT2D eigenvalue weighted by atomic mass is 15.3. The van der Waals surface area contributed by atoms with Crippen molar-refractivity contribution in [1.82, 2.24) is 24.8 Å². The molecule has 0 amide bonds. The Morgan fingerprint density at radius 2 is 1.81 bits per heavy atom. The van der Waals surface area contributed by atoms with E-state index in [2.05, 4.69) is 48.8 Å². The van der Waals surface area contributed by atoms with E-state index in [-0.39, 0.29) is 5.95 Å². The highest BCUT2D eigenvalue weighted by Gasteiger charge is 2.17. The van der Waals surface area contributed by atoms with E-state index in [0.717, 1.165) is 54.2 Å². The Morgan fingerprint density at radius 3 is 2.54 bits per heavy atom. The molecule has 1 aliphatic heterocycles. The molecule has 0 bridgehead atoms. The van der Waals surface area contributed by atoms with E-state index >= 15 is 0 Å². The fraction of sp³-hybridized carbons (Fsp3) is 0.368. The summed E-state index contributed by atoms with van der Waals surface area (Å²) in [7, 11) is 0. The van der Waals surface area contributed by atoms with Crippen molar-refractivity contribution in [1.29, 1.82) is 0 Å². The van der Waals surface area contributed by atoms with Crippen LogP contribution in [-0.2, 0) is 0 Å². The van der Waals surface area contributed by atoms with Crippen LogP contribution < -0.4 is 10.6 Å². The van der Waals surface area contributed by atoms with Gasteiger partial charge in [0.25, 0.3) is 0 Å². The second-order valence-corrected chi connectivity index (χ2v) is 6.59. The Morgan fingerprint density at radius 1 is 1.00 bits per heavy atom. The van der Waals surface area contributed by atoms with Gasteiger partial charge in [0.05, 0.1) is 11.2 Å². The second-order valence-electron chi connectivity index (χ2n) is 6.59. The minimum atomic E-state index is 0.269. The normalized spacial score (nSPS) is 15.5. The zero-order valence-electron chi connectivity index (χ0n) is 15.0. The summed E-state index contributed by atoms with van der Waals surface area (Å²) >= 11 is 0. The smallest absolute Gasteiger partial charge is 0.220 e. The molecule has 0 saturated carbocycles. The zero-order chi connectivity index (χ0) is 17.9. The van der Waals surface area contributed by atoms with Crippen LogP contribution in [0.1, 0.15) is 13.3 Å². The maximum Gasteiger partial charge on any atom is 0.220 e. The molecule has 3 aromatic heterocycles. The van der Waals surface area contributed by atoms with Gasteiger partial charge in [-0.15, -0.1) is 0 Å². The molecule has 26 heavy (non-hydrogen) atoms. The summed E-state index contributed by atoms with van der Waals surface area (Å²) in [4.78, 5) is 22.3. The average Bonchev–Trinajstić information content (AvgIpc) is 2.68. The number of aromatic nitrogens is 4. The highest BCUT2D eigenvalue weighted by Crippen LogP contribution is 2.22. The molecule has 7 nitrogen and oxygen atoms in total. The lowest BCUT2D eigenvalue weighted by Gasteiger charge is -2.35. The average molecular weight is 349 g/mol. The molecule has 0 aliphatic carbocycles. The van der Waals surface area contributed by atoms with Crippen molar-refractivity contribution in [2.75, 3.05) is 43.4 Å². The third-order valence-electron chi connectivity index (χ3n) is 4.76. The minimum Gasteiger partial charge on any atom is -0.368 e. The molecule has 0 unspecified atom stereocenters. The summed E-state index contributed by atoms with van der Waals surface area (Å²) in [6.07, 6.45) is 6.55. The zero-order valence-corrected chi connectivity index (χ0v) is 15.0. The monoisotopic (exact) mass is 349 g/mol. The van der Waals surface area contributed by atoms with Gasteiger partial charge < -0.3 is 10.6 Å². The molecule has 4 heterocycles. The Balaban J connectivity index is 1.51. The number of fused-ring (bicyclic) bond motifs is 1. The van der Waals surface area contributed by atoms with Crippen molar-refractivity contribution >= 4 is 22.7 Å². The van der Waals surface area contributed by atoms with Gasteiger partial charge in [0.15, 0.2) is 0 Å². The maximum absolute atomic E-state index is 5.68. The summed E-state index contributed by atoms with van der Waals surface area (Å²) in [5.74, 6) is 1.29. The van der Waals surface area contributed by atoms with E-state index in [1.165, 1.54) is 13.0 Å². The highest BCUT2D eigenvalue weighted by molar-refractivity contribution is 5.81. The molecule has 1 aliphatic rings. The van der Waals surface area contributed by atoms with Crippen LogP contribution in [0.4, 0.5) is 11.8 Å². The van der Waals surface area contributed by atoms with Crippen LogP contribution in [0.3, 0.4) is 0 Å². The van der Waals surface area contributed by atoms with Gasteiger partial charge in [-0.1, -0.05) is 6.92 Å². The van der Waals surface area contributed by atoms with Gasteiger partial charge >= 0.3 is 0 Å². The van der Waals surface area contributed by atoms with Crippen LogP contribution in [0.2, 0.25) is 0 Å². The van der Waals surface area contributed by atoms with Crippen molar-refractivity contribution < 1.29 is 0 Å². The second kappa shape index (κ2) is 7.21. The van der Waals surface area contributed by atoms with Crippen LogP contribution >= 0.6 is 0 Å². The van der Waals surface area contributed by atoms with E-state index in [0.29, 0.717) is 0 Å². The predicted octanol–water partition coefficient (Wildman–Crippen LogP) is 2.20. The van der Waals surface area contributed by atoms with E-state index in [1.54, 1.807) is 12.4 Å². The first-order valence-electron chi connectivity index (χ1n) is 9.05. The number of piperazine rings is 1. The van der Waals surface area contributed by atoms with E-state index in [4.69, 9.17) is 5.73 Å². The number of anilines is 2. The number of pyridine rings is 2. The summed E-state index contributed by atoms with van der Waals surface area (Å²) in [5, 5.41) is 0.873. The topological polar surface area (TPSA) is 84.1 Å². The van der Waals surface area contributed by atoms with Crippen molar-refractivity contribution in [2.45, 2.75) is 13.3 Å². The van der Waals surface area contributed by atoms with Crippen LogP contribution in [0.25, 0.3) is 22.2 Å². The number of hydrogen-bond donors (Lipinski definition) is 1. The van der Waals surface area contributed by atoms with Crippen molar-refractivity contribution in [2.24, 2.45) is 0 Å². The molecule has 0 radical (unpaired) electrons. The molecule has 0 spiro atoms. The number of hydrogen-bond acceptors (Lipinski definition) is 7. The molecule has 7 heteroatoms. The molecular weight excluding hydrogens is 326 g/mol. The van der Waals surface area contributed by atoms with Crippen molar-refractivity contribution in [3.8, 4) is 11.3 Å². The van der Waals surface area contributed by atoms with Gasteiger partial charge in [-0.2, -0.15) is 0 Å². The lowest BCUT2D eigenvalue weighted by molar-refractivity contribution is 0.258. The Bertz CT molecular complexity index is 886. The minimum absolute atomic E-state index is 0.269. The number of nitrogens with two attached hydrogens (primary N) is 1. The molecule has 0 aromatic carbocycles. The first kappa shape index (κ1) is 16.7. The van der Waals surface area contributed by atoms with Gasteiger partial charge in [-0.3, -0.25) is 9.88 Å². The molecule has 1 saturated heterocycles. The number of rotatable bonds is 4. The standard InChI is InChI=1S/C19H23N7/c1-2-5-25-6-8-26(9-7-25)18-4-3-14(11-22-18)16-10-17-15(12-21-16)13-23-19(20)24-17/h3-4,10-13H,2,5-9H2,1H3,(H2,20,23,24). The van der Waals surface area contributed by atoms with E-state index in [9.17, 15) is 0 Å². The van der Waals surface area contributed by atoms with Crippen LogP contribution in [0, 0.1) is 0 Å². The number of nitrogen functional groups attached to an aromatic ring is 1. The summed E-state index contributed by atoms with van der Waals surface area (Å²) in [6.45, 7) is 7.67. The predicted molar refractivity (Wildman–Crippen MR) is 104 cm³/mol. The third-order valence-corrected chi connectivity index (χ3v) is 4.76. The maximum atomic E-state index is 5.68. The molecule has 0 atom stereocenters. The van der Waals surface area contributed by atoms with Crippen LogP contribution in [-0.4, -0.2) is 57.6 Å². The largest absolute Gasteiger partial charge is 0.368 e. The van der Waals surface area contributed by atoms with Crippen LogP contribution in [0.15, 0.2) is 36.8 Å². The Hall–Kier alpha value is -2.80. The van der Waals surface area contributed by atoms with Gasteiger partial charge in [0.2, 0.25) is 5.95 Å². The molecule has 1 fully saturated rings. The SMILES string of the molecule is CCCN1CCN(c2ccc(-c3cc4nc(N)ncc4cn3)cn2)CC1. The van der Waals surface area contributed by atoms with Gasteiger partial charge in [0, 0.05) is 55.7 Å². The quantitative estimate of drug-likeness (QED) is 0.773. The third kappa shape index (κ3) is 3.43. The summed E-state index contributed by atoms with van der Waals surface area (Å²) in [5.41, 5.74) is 8.28. The van der Waals surface area contributed by atoms with Crippen molar-refractivity contribution in [3.05, 3.63) is 36.8 Å². The molecule has 3 aromatic rings. The fourth-order valence-corrected chi connectivity index (χ4v) is 3.34. The van der Waals surface area contributed by atoms with Gasteiger partial charge in [-0.05, 0) is 31.2 Å². The molecule has 4 rings (SSSR count). The van der Waals surface area contributed by atoms with Gasteiger partial charge in [-0.25, -0.2) is 15.0 Å². The fourth-order valence-electron chi connectivity index (χ4n) is 3.34. The lowest BCUT2D eigenvalue weighted by atomic mass is 10.1. The molecule has 2 N–H and O–H groups in total. The summed E-state index contributed by atoms with van der Waals surface area (Å²) in [6, 6.07) is 6.07. The lowest BCUT2D eigenvalue weighted by Crippen LogP contribution is -2.46. The first-order valence-corrected chi connectivity index (χ1v) is 9.05. The van der Waals surface area contributed by atoms with E-state index in [1.807, 2.05) is 12.3 Å². The van der Waals surface area contributed by atoms with E-state index < -0.39 is 0 Å². The van der Waals surface area contributed by atoms with Crippen LogP contribution in [0.5, 0.6) is 0 Å². The number of nitrogens with zero attached hydrogens (tertiary/aromatic N) is 6. The van der Waals surface area contributed by atoms with Gasteiger partial charge in [0.1, 0.15) is 5.82 Å². The molecule has 134 valence electrons. The van der Waals surface area contributed by atoms with Crippen molar-refractivity contribution in [3.63, 3.8) is 0 Å². The molecular formula is C19H23N7. The Labute approximate surface area is 152 Å². The Kier molecular flexibility index (Phi) is 4.62.